The van der Waals surface area contributed by atoms with Gasteiger partial charge in [0.15, 0.2) is 5.96 Å². The summed E-state index contributed by atoms with van der Waals surface area (Å²) >= 11 is 0. The summed E-state index contributed by atoms with van der Waals surface area (Å²) < 4.78 is 5.75. The molecule has 0 radical (unpaired) electrons. The van der Waals surface area contributed by atoms with Gasteiger partial charge in [0, 0.05) is 19.6 Å². The number of nitrogens with one attached hydrogen (secondary N) is 1. The maximum absolute atomic E-state index is 9.65. The molecule has 1 aliphatic heterocycles. The Balaban J connectivity index is 1.81. The molecular weight excluding hydrogens is 290 g/mol. The van der Waals surface area contributed by atoms with Crippen molar-refractivity contribution >= 4 is 5.96 Å². The van der Waals surface area contributed by atoms with Crippen molar-refractivity contribution in [1.29, 1.82) is 0 Å². The van der Waals surface area contributed by atoms with Crippen LogP contribution in [0.2, 0.25) is 0 Å². The van der Waals surface area contributed by atoms with Crippen LogP contribution in [0.3, 0.4) is 0 Å². The number of aliphatic hydroxyl groups excluding tert-OH is 1. The van der Waals surface area contributed by atoms with E-state index >= 15 is 0 Å². The lowest BCUT2D eigenvalue weighted by atomic mass is 10.0. The minimum absolute atomic E-state index is 0.241. The molecule has 128 valence electrons. The largest absolute Gasteiger partial charge is 0.492 e. The third-order valence-corrected chi connectivity index (χ3v) is 3.97. The molecule has 23 heavy (non-hydrogen) atoms. The molecule has 0 bridgehead atoms. The van der Waals surface area contributed by atoms with Crippen LogP contribution >= 0.6 is 0 Å². The van der Waals surface area contributed by atoms with Crippen LogP contribution in [-0.2, 0) is 0 Å². The minimum atomic E-state index is -0.241. The van der Waals surface area contributed by atoms with Gasteiger partial charge in [-0.05, 0) is 37.0 Å². The standard InChI is InChI=1S/C18H29N3O2/c1-4-19-18(21-11-9-16(22)13-21)20-10-12-23-17-7-5-15(6-8-17)14(2)3/h5-8,14,16,22H,4,9-13H2,1-3H3,(H,19,20)/t16-/m1/s1. The van der Waals surface area contributed by atoms with Gasteiger partial charge in [-0.3, -0.25) is 0 Å². The third kappa shape index (κ3) is 5.43. The molecule has 2 N–H and O–H groups in total. The average Bonchev–Trinajstić information content (AvgIpc) is 2.97. The molecule has 1 fully saturated rings. The number of rotatable bonds is 6. The van der Waals surface area contributed by atoms with Crippen molar-refractivity contribution in [3.63, 3.8) is 0 Å². The van der Waals surface area contributed by atoms with Crippen LogP contribution in [-0.4, -0.2) is 54.9 Å². The predicted molar refractivity (Wildman–Crippen MR) is 94.2 cm³/mol. The first kappa shape index (κ1) is 17.6. The summed E-state index contributed by atoms with van der Waals surface area (Å²) in [6, 6.07) is 8.25. The molecule has 0 saturated carbocycles. The number of guanidine groups is 1. The summed E-state index contributed by atoms with van der Waals surface area (Å²) in [6.07, 6.45) is 0.568. The maximum atomic E-state index is 9.65. The van der Waals surface area contributed by atoms with Gasteiger partial charge in [0.2, 0.25) is 0 Å². The first-order valence-corrected chi connectivity index (χ1v) is 8.54. The van der Waals surface area contributed by atoms with Crippen LogP contribution in [0.1, 0.15) is 38.7 Å². The number of hydrogen-bond donors (Lipinski definition) is 2. The van der Waals surface area contributed by atoms with E-state index in [0.717, 1.165) is 31.2 Å². The first-order chi connectivity index (χ1) is 11.1. The van der Waals surface area contributed by atoms with Crippen molar-refractivity contribution in [1.82, 2.24) is 10.2 Å². The van der Waals surface area contributed by atoms with E-state index in [1.54, 1.807) is 0 Å². The van der Waals surface area contributed by atoms with Crippen LogP contribution < -0.4 is 10.1 Å². The smallest absolute Gasteiger partial charge is 0.194 e. The molecule has 5 nitrogen and oxygen atoms in total. The van der Waals surface area contributed by atoms with Gasteiger partial charge in [-0.1, -0.05) is 26.0 Å². The summed E-state index contributed by atoms with van der Waals surface area (Å²) in [5.74, 6) is 2.28. The molecule has 5 heteroatoms. The quantitative estimate of drug-likeness (QED) is 0.479. The van der Waals surface area contributed by atoms with Gasteiger partial charge in [-0.2, -0.15) is 0 Å². The van der Waals surface area contributed by atoms with Gasteiger partial charge in [0.05, 0.1) is 12.6 Å². The van der Waals surface area contributed by atoms with E-state index < -0.39 is 0 Å². The van der Waals surface area contributed by atoms with Crippen molar-refractivity contribution in [3.05, 3.63) is 29.8 Å². The monoisotopic (exact) mass is 319 g/mol. The lowest BCUT2D eigenvalue weighted by Crippen LogP contribution is -2.40. The molecule has 1 aromatic rings. The Bertz CT molecular complexity index is 499. The lowest BCUT2D eigenvalue weighted by Gasteiger charge is -2.20. The second kappa shape index (κ2) is 8.77. The second-order valence-corrected chi connectivity index (χ2v) is 6.20. The van der Waals surface area contributed by atoms with Crippen LogP contribution in [0.5, 0.6) is 5.75 Å². The maximum Gasteiger partial charge on any atom is 0.194 e. The Labute approximate surface area is 139 Å². The second-order valence-electron chi connectivity index (χ2n) is 6.20. The van der Waals surface area contributed by atoms with E-state index in [1.807, 2.05) is 12.1 Å². The Morgan fingerprint density at radius 3 is 2.70 bits per heavy atom. The number of aliphatic imine (C=N–C) groups is 1. The van der Waals surface area contributed by atoms with Crippen molar-refractivity contribution in [2.24, 2.45) is 4.99 Å². The molecule has 0 amide bonds. The van der Waals surface area contributed by atoms with E-state index in [0.29, 0.717) is 25.6 Å². The van der Waals surface area contributed by atoms with Crippen LogP contribution in [0, 0.1) is 0 Å². The van der Waals surface area contributed by atoms with Gasteiger partial charge in [0.25, 0.3) is 0 Å². The highest BCUT2D eigenvalue weighted by molar-refractivity contribution is 5.80. The number of ether oxygens (including phenoxy) is 1. The number of likely N-dealkylation sites (tertiary alicyclic amines) is 1. The molecule has 1 atom stereocenters. The highest BCUT2D eigenvalue weighted by atomic mass is 16.5. The fraction of sp³-hybridized carbons (Fsp3) is 0.611. The van der Waals surface area contributed by atoms with E-state index in [1.165, 1.54) is 5.56 Å². The molecule has 1 saturated heterocycles. The fourth-order valence-corrected chi connectivity index (χ4v) is 2.62. The Morgan fingerprint density at radius 2 is 2.13 bits per heavy atom. The molecule has 1 heterocycles. The highest BCUT2D eigenvalue weighted by Crippen LogP contribution is 2.18. The molecule has 0 aromatic heterocycles. The summed E-state index contributed by atoms with van der Waals surface area (Å²) in [5.41, 5.74) is 1.32. The number of β-amino-alcohol motifs (C(OH)–C–C–N with tert-alkyl or cyclic N) is 1. The van der Waals surface area contributed by atoms with Crippen LogP contribution in [0.15, 0.2) is 29.3 Å². The summed E-state index contributed by atoms with van der Waals surface area (Å²) in [5, 5.41) is 12.9. The predicted octanol–water partition coefficient (Wildman–Crippen LogP) is 2.22. The van der Waals surface area contributed by atoms with Gasteiger partial charge >= 0.3 is 0 Å². The molecule has 1 aromatic carbocycles. The summed E-state index contributed by atoms with van der Waals surface area (Å²) in [6.45, 7) is 9.89. The van der Waals surface area contributed by atoms with Gasteiger partial charge in [-0.25, -0.2) is 4.99 Å². The Hall–Kier alpha value is -1.75. The molecular formula is C18H29N3O2. The van der Waals surface area contributed by atoms with Crippen molar-refractivity contribution in [2.45, 2.75) is 39.2 Å². The Morgan fingerprint density at radius 1 is 1.39 bits per heavy atom. The molecule has 1 aliphatic rings. The normalized spacial score (nSPS) is 18.6. The topological polar surface area (TPSA) is 57.1 Å². The summed E-state index contributed by atoms with van der Waals surface area (Å²) in [7, 11) is 0. The summed E-state index contributed by atoms with van der Waals surface area (Å²) in [4.78, 5) is 6.69. The SMILES string of the molecule is CCNC(=NCCOc1ccc(C(C)C)cc1)N1CC[C@@H](O)C1. The number of nitrogens with zero attached hydrogens (tertiary/aromatic N) is 2. The minimum Gasteiger partial charge on any atom is -0.492 e. The average molecular weight is 319 g/mol. The van der Waals surface area contributed by atoms with Crippen molar-refractivity contribution in [3.8, 4) is 5.75 Å². The van der Waals surface area contributed by atoms with E-state index in [-0.39, 0.29) is 6.10 Å². The van der Waals surface area contributed by atoms with E-state index in [4.69, 9.17) is 4.74 Å². The van der Waals surface area contributed by atoms with E-state index in [9.17, 15) is 5.11 Å². The van der Waals surface area contributed by atoms with Crippen LogP contribution in [0.25, 0.3) is 0 Å². The molecule has 2 rings (SSSR count). The number of hydrogen-bond acceptors (Lipinski definition) is 3. The molecule has 0 spiro atoms. The molecule has 0 unspecified atom stereocenters. The van der Waals surface area contributed by atoms with Crippen molar-refractivity contribution < 1.29 is 9.84 Å². The number of aliphatic hydroxyl groups is 1. The van der Waals surface area contributed by atoms with Crippen molar-refractivity contribution in [2.75, 3.05) is 32.8 Å². The third-order valence-electron chi connectivity index (χ3n) is 3.97. The van der Waals surface area contributed by atoms with Gasteiger partial charge in [-0.15, -0.1) is 0 Å². The lowest BCUT2D eigenvalue weighted by molar-refractivity contribution is 0.187. The highest BCUT2D eigenvalue weighted by Gasteiger charge is 2.22. The zero-order valence-electron chi connectivity index (χ0n) is 14.5. The zero-order valence-corrected chi connectivity index (χ0v) is 14.5. The fourth-order valence-electron chi connectivity index (χ4n) is 2.62. The first-order valence-electron chi connectivity index (χ1n) is 8.54. The van der Waals surface area contributed by atoms with Gasteiger partial charge in [0.1, 0.15) is 12.4 Å². The number of benzene rings is 1. The molecule has 0 aliphatic carbocycles. The van der Waals surface area contributed by atoms with Gasteiger partial charge < -0.3 is 20.1 Å². The zero-order chi connectivity index (χ0) is 16.7. The van der Waals surface area contributed by atoms with E-state index in [2.05, 4.69) is 48.1 Å². The van der Waals surface area contributed by atoms with Crippen LogP contribution in [0.4, 0.5) is 0 Å². The Kier molecular flexibility index (Phi) is 6.71.